The van der Waals surface area contributed by atoms with Crippen LogP contribution >= 0.6 is 35.3 Å². The second kappa shape index (κ2) is 10.1. The maximum atomic E-state index is 10.0. The first-order valence-corrected chi connectivity index (χ1v) is 9.31. The number of rotatable bonds is 8. The monoisotopic (exact) mass is 360 g/mol. The quantitative estimate of drug-likeness (QED) is 0.391. The molecule has 0 aliphatic rings. The third-order valence-corrected chi connectivity index (χ3v) is 5.35. The van der Waals surface area contributed by atoms with Gasteiger partial charge in [-0.2, -0.15) is 9.98 Å². The van der Waals surface area contributed by atoms with Gasteiger partial charge in [0.15, 0.2) is 0 Å². The molecule has 0 fully saturated rings. The average molecular weight is 360 g/mol. The van der Waals surface area contributed by atoms with Gasteiger partial charge < -0.3 is 0 Å². The molecule has 4 nitrogen and oxygen atoms in total. The minimum atomic E-state index is 0.392. The van der Waals surface area contributed by atoms with E-state index in [4.69, 9.17) is 0 Å². The Bertz CT molecular complexity index is 656. The fourth-order valence-electron chi connectivity index (χ4n) is 1.61. The maximum absolute atomic E-state index is 10.0. The highest BCUT2D eigenvalue weighted by molar-refractivity contribution is 8.00. The number of hydrogen-bond acceptors (Lipinski definition) is 7. The molecule has 0 aliphatic carbocycles. The number of isocyanates is 2. The van der Waals surface area contributed by atoms with Gasteiger partial charge in [-0.15, -0.1) is 23.5 Å². The lowest BCUT2D eigenvalue weighted by Crippen LogP contribution is -1.78. The third-order valence-electron chi connectivity index (χ3n) is 2.60. The molecule has 0 saturated heterocycles. The van der Waals surface area contributed by atoms with Crippen molar-refractivity contribution in [1.82, 2.24) is 0 Å². The Morgan fingerprint density at radius 1 is 0.652 bits per heavy atom. The number of hydrogen-bond donors (Lipinski definition) is 0. The summed E-state index contributed by atoms with van der Waals surface area (Å²) in [5.74, 6) is 0.784. The zero-order valence-corrected chi connectivity index (χ0v) is 14.4. The summed E-state index contributed by atoms with van der Waals surface area (Å²) in [5, 5.41) is 0. The van der Waals surface area contributed by atoms with Crippen LogP contribution in [0.1, 0.15) is 0 Å². The minimum Gasteiger partial charge on any atom is -0.211 e. The Kier molecular flexibility index (Phi) is 7.73. The second-order valence-corrected chi connectivity index (χ2v) is 7.27. The van der Waals surface area contributed by atoms with Crippen LogP contribution in [-0.2, 0) is 9.59 Å². The van der Waals surface area contributed by atoms with Crippen LogP contribution in [0.25, 0.3) is 0 Å². The molecule has 2 rings (SSSR count). The highest BCUT2D eigenvalue weighted by atomic mass is 32.2. The van der Waals surface area contributed by atoms with Crippen molar-refractivity contribution >= 4 is 47.4 Å². The predicted molar refractivity (Wildman–Crippen MR) is 94.7 cm³/mol. The van der Waals surface area contributed by atoms with E-state index in [2.05, 4.69) is 9.98 Å². The van der Waals surface area contributed by atoms with Gasteiger partial charge in [-0.25, -0.2) is 9.59 Å². The van der Waals surface area contributed by atoms with Gasteiger partial charge in [0.1, 0.15) is 11.8 Å². The molecule has 0 saturated carbocycles. The maximum Gasteiger partial charge on any atom is 0.235 e. The fourth-order valence-corrected chi connectivity index (χ4v) is 3.62. The van der Waals surface area contributed by atoms with Crippen molar-refractivity contribution in [3.63, 3.8) is 0 Å². The normalized spacial score (nSPS) is 9.74. The van der Waals surface area contributed by atoms with Gasteiger partial charge in [-0.3, -0.25) is 0 Å². The number of carbonyl (C=O) groups excluding carboxylic acids is 2. The minimum absolute atomic E-state index is 0.392. The van der Waals surface area contributed by atoms with E-state index in [1.54, 1.807) is 11.8 Å². The van der Waals surface area contributed by atoms with Gasteiger partial charge in [0.2, 0.25) is 12.2 Å². The highest BCUT2D eigenvalue weighted by Gasteiger charge is 2.00. The summed E-state index contributed by atoms with van der Waals surface area (Å²) in [6.45, 7) is 0. The van der Waals surface area contributed by atoms with E-state index in [0.717, 1.165) is 19.6 Å². The van der Waals surface area contributed by atoms with Crippen molar-refractivity contribution in [2.75, 3.05) is 11.8 Å². The third kappa shape index (κ3) is 6.48. The summed E-state index contributed by atoms with van der Waals surface area (Å²) in [7, 11) is 0. The van der Waals surface area contributed by atoms with E-state index in [9.17, 15) is 9.59 Å². The van der Waals surface area contributed by atoms with Crippen LogP contribution < -0.4 is 0 Å². The first-order valence-electron chi connectivity index (χ1n) is 6.52. The largest absolute Gasteiger partial charge is 0.235 e. The predicted octanol–water partition coefficient (Wildman–Crippen LogP) is 4.61. The molecule has 2 aromatic rings. The van der Waals surface area contributed by atoms with Crippen LogP contribution in [0.15, 0.2) is 78.1 Å². The molecule has 0 unspecified atom stereocenters. The average Bonchev–Trinajstić information content (AvgIpc) is 2.58. The first-order chi connectivity index (χ1) is 11.3. The van der Waals surface area contributed by atoms with Crippen molar-refractivity contribution in [3.8, 4) is 0 Å². The number of nitrogens with zero attached hydrogens (tertiary/aromatic N) is 2. The van der Waals surface area contributed by atoms with Gasteiger partial charge >= 0.3 is 0 Å². The Morgan fingerprint density at radius 2 is 1.00 bits per heavy atom. The molecule has 0 aromatic heterocycles. The molecular weight excluding hydrogens is 348 g/mol. The molecule has 0 amide bonds. The van der Waals surface area contributed by atoms with Crippen molar-refractivity contribution in [3.05, 3.63) is 48.5 Å². The van der Waals surface area contributed by atoms with Gasteiger partial charge in [-0.1, -0.05) is 11.8 Å². The molecule has 0 bridgehead atoms. The van der Waals surface area contributed by atoms with Crippen molar-refractivity contribution in [1.29, 1.82) is 0 Å². The fraction of sp³-hybridized carbons (Fsp3) is 0.125. The van der Waals surface area contributed by atoms with Crippen LogP contribution in [-0.4, -0.2) is 23.9 Å². The number of thioether (sulfide) groups is 2. The van der Waals surface area contributed by atoms with Crippen LogP contribution in [0.3, 0.4) is 0 Å². The van der Waals surface area contributed by atoms with Crippen LogP contribution in [0.4, 0.5) is 0 Å². The molecule has 23 heavy (non-hydrogen) atoms. The van der Waals surface area contributed by atoms with Crippen LogP contribution in [0, 0.1) is 0 Å². The van der Waals surface area contributed by atoms with Crippen molar-refractivity contribution < 1.29 is 9.59 Å². The zero-order valence-electron chi connectivity index (χ0n) is 12.0. The van der Waals surface area contributed by atoms with Crippen LogP contribution in [0.2, 0.25) is 0 Å². The Hall–Kier alpha value is -1.75. The summed E-state index contributed by atoms with van der Waals surface area (Å²) in [4.78, 5) is 31.5. The lowest BCUT2D eigenvalue weighted by molar-refractivity contribution is 0.563. The van der Waals surface area contributed by atoms with Crippen molar-refractivity contribution in [2.24, 2.45) is 9.98 Å². The molecule has 0 aliphatic heterocycles. The molecular formula is C16H12N2O2S3. The van der Waals surface area contributed by atoms with E-state index in [1.165, 1.54) is 35.7 Å². The van der Waals surface area contributed by atoms with E-state index in [-0.39, 0.29) is 0 Å². The van der Waals surface area contributed by atoms with Gasteiger partial charge in [0, 0.05) is 19.6 Å². The van der Waals surface area contributed by atoms with Crippen LogP contribution in [0.5, 0.6) is 0 Å². The Balaban J connectivity index is 1.90. The van der Waals surface area contributed by atoms with E-state index < -0.39 is 0 Å². The first kappa shape index (κ1) is 17.6. The number of benzene rings is 2. The van der Waals surface area contributed by atoms with E-state index in [0.29, 0.717) is 11.8 Å². The smallest absolute Gasteiger partial charge is 0.211 e. The molecule has 0 radical (unpaired) electrons. The summed E-state index contributed by atoms with van der Waals surface area (Å²) in [5.41, 5.74) is 0. The summed E-state index contributed by atoms with van der Waals surface area (Å²) in [6.07, 6.45) is 3.05. The second-order valence-electron chi connectivity index (χ2n) is 4.09. The molecule has 0 spiro atoms. The zero-order chi connectivity index (χ0) is 16.3. The molecule has 116 valence electrons. The molecule has 2 aromatic carbocycles. The molecule has 0 heterocycles. The summed E-state index contributed by atoms with van der Waals surface area (Å²) >= 11 is 4.66. The SMILES string of the molecule is O=C=NCSc1ccc(Sc2ccc(SCN=C=O)cc2)cc1. The Labute approximate surface area is 146 Å². The molecule has 7 heteroatoms. The van der Waals surface area contributed by atoms with Gasteiger partial charge in [-0.05, 0) is 48.5 Å². The lowest BCUT2D eigenvalue weighted by atomic mass is 10.4. The topological polar surface area (TPSA) is 58.9 Å². The lowest BCUT2D eigenvalue weighted by Gasteiger charge is -2.04. The van der Waals surface area contributed by atoms with Gasteiger partial charge in [0.05, 0.1) is 0 Å². The standard InChI is InChI=1S/C16H12N2O2S3/c19-9-17-11-21-13-1-5-15(6-2-13)23-16-7-3-14(4-8-16)22-12-18-10-20/h1-8H,11-12H2. The molecule has 0 N–H and O–H groups in total. The highest BCUT2D eigenvalue weighted by Crippen LogP contribution is 2.31. The molecule has 0 atom stereocenters. The van der Waals surface area contributed by atoms with E-state index >= 15 is 0 Å². The summed E-state index contributed by atoms with van der Waals surface area (Å²) in [6, 6.07) is 16.2. The summed E-state index contributed by atoms with van der Waals surface area (Å²) < 4.78 is 0. The van der Waals surface area contributed by atoms with Crippen molar-refractivity contribution in [2.45, 2.75) is 19.6 Å². The van der Waals surface area contributed by atoms with E-state index in [1.807, 2.05) is 48.5 Å². The Morgan fingerprint density at radius 3 is 1.35 bits per heavy atom. The van der Waals surface area contributed by atoms with Gasteiger partial charge in [0.25, 0.3) is 0 Å². The number of aliphatic imine (C=N–C) groups is 2.